The van der Waals surface area contributed by atoms with E-state index in [-0.39, 0.29) is 12.4 Å². The highest BCUT2D eigenvalue weighted by Crippen LogP contribution is 2.17. The van der Waals surface area contributed by atoms with Crippen LogP contribution in [-0.4, -0.2) is 22.9 Å². The van der Waals surface area contributed by atoms with Crippen LogP contribution in [0.2, 0.25) is 0 Å². The molecule has 0 aromatic carbocycles. The van der Waals surface area contributed by atoms with Gasteiger partial charge in [-0.3, -0.25) is 4.68 Å². The van der Waals surface area contributed by atoms with Gasteiger partial charge in [-0.2, -0.15) is 5.10 Å². The number of nitrogens with zero attached hydrogens (tertiary/aromatic N) is 2. The Morgan fingerprint density at radius 2 is 2.15 bits per heavy atom. The number of halogens is 1. The molecule has 1 aliphatic rings. The minimum Gasteiger partial charge on any atom is -0.317 e. The Balaban J connectivity index is 0.000000845. The van der Waals surface area contributed by atoms with Crippen molar-refractivity contribution in [3.8, 4) is 0 Å². The summed E-state index contributed by atoms with van der Waals surface area (Å²) in [6, 6.07) is 0.625. The molecule has 1 aliphatic heterocycles. The van der Waals surface area contributed by atoms with E-state index in [1.165, 1.54) is 18.4 Å². The summed E-state index contributed by atoms with van der Waals surface area (Å²) >= 11 is 0. The standard InChI is InChI=1S/C9H15N3.ClH/c1-8-6-11-12(7-8)9-2-4-10-5-3-9;/h6-7,9-10H,2-5H2,1H3;1H. The summed E-state index contributed by atoms with van der Waals surface area (Å²) in [5.74, 6) is 0. The van der Waals surface area contributed by atoms with Gasteiger partial charge in [0.25, 0.3) is 0 Å². The molecule has 0 aliphatic carbocycles. The molecule has 0 atom stereocenters. The molecule has 2 heterocycles. The Hall–Kier alpha value is -0.540. The lowest BCUT2D eigenvalue weighted by molar-refractivity contribution is 0.343. The Labute approximate surface area is 84.9 Å². The van der Waals surface area contributed by atoms with Crippen LogP contribution in [-0.2, 0) is 0 Å². The molecule has 74 valence electrons. The van der Waals surface area contributed by atoms with Gasteiger partial charge in [-0.05, 0) is 38.4 Å². The van der Waals surface area contributed by atoms with Crippen molar-refractivity contribution in [3.05, 3.63) is 18.0 Å². The molecule has 3 nitrogen and oxygen atoms in total. The van der Waals surface area contributed by atoms with Gasteiger partial charge in [0.05, 0.1) is 12.2 Å². The molecule has 1 fully saturated rings. The number of hydrogen-bond donors (Lipinski definition) is 1. The van der Waals surface area contributed by atoms with Gasteiger partial charge >= 0.3 is 0 Å². The maximum atomic E-state index is 4.33. The van der Waals surface area contributed by atoms with Crippen molar-refractivity contribution >= 4 is 12.4 Å². The first-order valence-corrected chi connectivity index (χ1v) is 4.58. The first kappa shape index (κ1) is 10.5. The molecule has 2 rings (SSSR count). The van der Waals surface area contributed by atoms with Gasteiger partial charge in [0.15, 0.2) is 0 Å². The fourth-order valence-corrected chi connectivity index (χ4v) is 1.70. The SMILES string of the molecule is Cc1cnn(C2CCNCC2)c1.Cl. The normalized spacial score (nSPS) is 18.2. The zero-order valence-corrected chi connectivity index (χ0v) is 8.68. The number of piperidine rings is 1. The molecule has 0 radical (unpaired) electrons. The fraction of sp³-hybridized carbons (Fsp3) is 0.667. The fourth-order valence-electron chi connectivity index (χ4n) is 1.70. The van der Waals surface area contributed by atoms with Crippen LogP contribution in [0.1, 0.15) is 24.4 Å². The number of aryl methyl sites for hydroxylation is 1. The second-order valence-corrected chi connectivity index (χ2v) is 3.48. The monoisotopic (exact) mass is 201 g/mol. The number of hydrogen-bond acceptors (Lipinski definition) is 2. The summed E-state index contributed by atoms with van der Waals surface area (Å²) in [6.45, 7) is 4.34. The van der Waals surface area contributed by atoms with Crippen molar-refractivity contribution in [1.29, 1.82) is 0 Å². The van der Waals surface area contributed by atoms with E-state index < -0.39 is 0 Å². The third kappa shape index (κ3) is 2.45. The number of aromatic nitrogens is 2. The minimum atomic E-state index is 0. The van der Waals surface area contributed by atoms with E-state index in [0.717, 1.165) is 13.1 Å². The zero-order valence-electron chi connectivity index (χ0n) is 7.86. The predicted octanol–water partition coefficient (Wildman–Crippen LogP) is 1.54. The molecule has 0 spiro atoms. The third-order valence-corrected chi connectivity index (χ3v) is 2.41. The lowest BCUT2D eigenvalue weighted by atomic mass is 10.1. The van der Waals surface area contributed by atoms with Crippen LogP contribution in [0.3, 0.4) is 0 Å². The summed E-state index contributed by atoms with van der Waals surface area (Å²) < 4.78 is 2.11. The van der Waals surface area contributed by atoms with Gasteiger partial charge in [0.1, 0.15) is 0 Å². The largest absolute Gasteiger partial charge is 0.317 e. The van der Waals surface area contributed by atoms with Crippen LogP contribution in [0, 0.1) is 6.92 Å². The van der Waals surface area contributed by atoms with Crippen molar-refractivity contribution < 1.29 is 0 Å². The first-order chi connectivity index (χ1) is 5.86. The molecule has 0 amide bonds. The maximum absolute atomic E-state index is 4.33. The Kier molecular flexibility index (Phi) is 3.75. The summed E-state index contributed by atoms with van der Waals surface area (Å²) in [5.41, 5.74) is 1.26. The van der Waals surface area contributed by atoms with E-state index in [0.29, 0.717) is 6.04 Å². The average molecular weight is 202 g/mol. The summed E-state index contributed by atoms with van der Waals surface area (Å²) in [7, 11) is 0. The van der Waals surface area contributed by atoms with Crippen molar-refractivity contribution in [2.45, 2.75) is 25.8 Å². The second kappa shape index (κ2) is 4.63. The summed E-state index contributed by atoms with van der Waals surface area (Å²) in [4.78, 5) is 0. The van der Waals surface area contributed by atoms with E-state index in [1.54, 1.807) is 0 Å². The van der Waals surface area contributed by atoms with Gasteiger partial charge in [0, 0.05) is 6.20 Å². The van der Waals surface area contributed by atoms with E-state index in [4.69, 9.17) is 0 Å². The minimum absolute atomic E-state index is 0. The van der Waals surface area contributed by atoms with E-state index >= 15 is 0 Å². The summed E-state index contributed by atoms with van der Waals surface area (Å²) in [6.07, 6.45) is 6.49. The number of rotatable bonds is 1. The van der Waals surface area contributed by atoms with Crippen LogP contribution >= 0.6 is 12.4 Å². The van der Waals surface area contributed by atoms with Gasteiger partial charge in [-0.1, -0.05) is 0 Å². The molecule has 1 N–H and O–H groups in total. The molecule has 4 heteroatoms. The van der Waals surface area contributed by atoms with Gasteiger partial charge in [0.2, 0.25) is 0 Å². The molecule has 1 saturated heterocycles. The lowest BCUT2D eigenvalue weighted by Gasteiger charge is -2.22. The highest BCUT2D eigenvalue weighted by Gasteiger charge is 2.14. The third-order valence-electron chi connectivity index (χ3n) is 2.41. The average Bonchev–Trinajstić information content (AvgIpc) is 2.54. The van der Waals surface area contributed by atoms with Crippen LogP contribution in [0.15, 0.2) is 12.4 Å². The summed E-state index contributed by atoms with van der Waals surface area (Å²) in [5, 5.41) is 7.68. The molecule has 13 heavy (non-hydrogen) atoms. The lowest BCUT2D eigenvalue weighted by Crippen LogP contribution is -2.29. The van der Waals surface area contributed by atoms with Crippen molar-refractivity contribution in [2.24, 2.45) is 0 Å². The molecule has 0 unspecified atom stereocenters. The van der Waals surface area contributed by atoms with Gasteiger partial charge < -0.3 is 5.32 Å². The van der Waals surface area contributed by atoms with Crippen LogP contribution in [0.4, 0.5) is 0 Å². The maximum Gasteiger partial charge on any atom is 0.0543 e. The van der Waals surface area contributed by atoms with Crippen molar-refractivity contribution in [2.75, 3.05) is 13.1 Å². The highest BCUT2D eigenvalue weighted by atomic mass is 35.5. The number of nitrogens with one attached hydrogen (secondary N) is 1. The predicted molar refractivity (Wildman–Crippen MR) is 55.4 cm³/mol. The quantitative estimate of drug-likeness (QED) is 0.747. The van der Waals surface area contributed by atoms with E-state index in [9.17, 15) is 0 Å². The van der Waals surface area contributed by atoms with Crippen LogP contribution in [0.5, 0.6) is 0 Å². The Morgan fingerprint density at radius 3 is 2.69 bits per heavy atom. The van der Waals surface area contributed by atoms with E-state index in [1.807, 2.05) is 6.20 Å². The molecule has 0 saturated carbocycles. The van der Waals surface area contributed by atoms with Gasteiger partial charge in [-0.25, -0.2) is 0 Å². The Morgan fingerprint density at radius 1 is 1.46 bits per heavy atom. The smallest absolute Gasteiger partial charge is 0.0543 e. The Bertz CT molecular complexity index is 253. The molecule has 1 aromatic rings. The van der Waals surface area contributed by atoms with E-state index in [2.05, 4.69) is 28.2 Å². The van der Waals surface area contributed by atoms with Crippen molar-refractivity contribution in [1.82, 2.24) is 15.1 Å². The van der Waals surface area contributed by atoms with Crippen molar-refractivity contribution in [3.63, 3.8) is 0 Å². The second-order valence-electron chi connectivity index (χ2n) is 3.48. The van der Waals surface area contributed by atoms with Crippen LogP contribution < -0.4 is 5.32 Å². The molecule has 1 aromatic heterocycles. The topological polar surface area (TPSA) is 29.9 Å². The van der Waals surface area contributed by atoms with Gasteiger partial charge in [-0.15, -0.1) is 12.4 Å². The molecular weight excluding hydrogens is 186 g/mol. The molecular formula is C9H16ClN3. The zero-order chi connectivity index (χ0) is 8.39. The van der Waals surface area contributed by atoms with Crippen LogP contribution in [0.25, 0.3) is 0 Å². The first-order valence-electron chi connectivity index (χ1n) is 4.58. The molecule has 0 bridgehead atoms. The highest BCUT2D eigenvalue weighted by molar-refractivity contribution is 5.85.